The molecule has 1 aromatic heterocycles. The van der Waals surface area contributed by atoms with Gasteiger partial charge in [-0.1, -0.05) is 25.1 Å². The molecule has 0 aliphatic rings. The van der Waals surface area contributed by atoms with Crippen LogP contribution in [0.1, 0.15) is 12.7 Å². The van der Waals surface area contributed by atoms with Crippen molar-refractivity contribution in [2.45, 2.75) is 26.0 Å². The van der Waals surface area contributed by atoms with Crippen molar-refractivity contribution in [1.29, 1.82) is 0 Å². The average molecular weight is 341 g/mol. The summed E-state index contributed by atoms with van der Waals surface area (Å²) in [5, 5.41) is 10.5. The third-order valence-electron chi connectivity index (χ3n) is 4.43. The van der Waals surface area contributed by atoms with Gasteiger partial charge in [-0.3, -0.25) is 0 Å². The highest BCUT2D eigenvalue weighted by molar-refractivity contribution is 5.72. The highest BCUT2D eigenvalue weighted by atomic mass is 16.5. The number of rotatable bonds is 7. The van der Waals surface area contributed by atoms with Crippen LogP contribution in [-0.4, -0.2) is 29.5 Å². The topological polar surface area (TPSA) is 47.5 Å². The molecule has 0 saturated heterocycles. The van der Waals surface area contributed by atoms with E-state index in [1.807, 2.05) is 36.4 Å². The van der Waals surface area contributed by atoms with E-state index in [4.69, 9.17) is 9.47 Å². The molecule has 132 valence electrons. The quantitative estimate of drug-likeness (QED) is 0.672. The Kier molecular flexibility index (Phi) is 5.24. The Labute approximate surface area is 148 Å². The van der Waals surface area contributed by atoms with Gasteiger partial charge in [-0.25, -0.2) is 9.13 Å². The molecule has 1 N–H and O–H groups in total. The Balaban J connectivity index is 1.74. The van der Waals surface area contributed by atoms with Gasteiger partial charge in [-0.2, -0.15) is 0 Å². The first kappa shape index (κ1) is 17.3. The zero-order valence-electron chi connectivity index (χ0n) is 15.0. The molecule has 5 nitrogen and oxygen atoms in total. The summed E-state index contributed by atoms with van der Waals surface area (Å²) < 4.78 is 15.3. The number of para-hydroxylation sites is 2. The third kappa shape index (κ3) is 3.61. The molecule has 0 radical (unpaired) electrons. The molecule has 2 aromatic carbocycles. The average Bonchev–Trinajstić information content (AvgIpc) is 2.92. The summed E-state index contributed by atoms with van der Waals surface area (Å²) in [4.78, 5) is 0. The summed E-state index contributed by atoms with van der Waals surface area (Å²) in [6.07, 6.45) is 0.293. The first-order valence-electron chi connectivity index (χ1n) is 8.55. The molecule has 0 fully saturated rings. The van der Waals surface area contributed by atoms with Crippen LogP contribution in [0.5, 0.6) is 11.5 Å². The molecule has 0 unspecified atom stereocenters. The summed E-state index contributed by atoms with van der Waals surface area (Å²) in [7, 11) is 3.69. The third-order valence-corrected chi connectivity index (χ3v) is 4.43. The van der Waals surface area contributed by atoms with Gasteiger partial charge in [0, 0.05) is 12.5 Å². The zero-order valence-corrected chi connectivity index (χ0v) is 15.0. The summed E-state index contributed by atoms with van der Waals surface area (Å²) in [5.74, 6) is 2.61. The maximum Gasteiger partial charge on any atom is 0.256 e. The molecule has 1 heterocycles. The van der Waals surface area contributed by atoms with E-state index in [1.165, 1.54) is 11.3 Å². The van der Waals surface area contributed by atoms with Crippen molar-refractivity contribution in [2.75, 3.05) is 13.7 Å². The normalized spacial score (nSPS) is 12.3. The number of aliphatic hydroxyl groups excluding tert-OH is 1. The van der Waals surface area contributed by atoms with Gasteiger partial charge < -0.3 is 14.6 Å². The molecular weight excluding hydrogens is 316 g/mol. The van der Waals surface area contributed by atoms with Gasteiger partial charge in [0.2, 0.25) is 0 Å². The molecule has 3 aromatic rings. The second-order valence-corrected chi connectivity index (χ2v) is 6.07. The van der Waals surface area contributed by atoms with Crippen molar-refractivity contribution in [3.8, 4) is 11.5 Å². The first-order valence-corrected chi connectivity index (χ1v) is 8.55. The van der Waals surface area contributed by atoms with Crippen LogP contribution in [0.25, 0.3) is 11.0 Å². The number of hydrogen-bond acceptors (Lipinski definition) is 3. The van der Waals surface area contributed by atoms with E-state index in [9.17, 15) is 5.11 Å². The van der Waals surface area contributed by atoms with Crippen LogP contribution in [0, 0.1) is 0 Å². The Morgan fingerprint density at radius 1 is 1.12 bits per heavy atom. The molecular formula is C20H25N2O3+. The number of hydrogen-bond donors (Lipinski definition) is 1. The number of aryl methyl sites for hydroxylation is 1. The van der Waals surface area contributed by atoms with Crippen LogP contribution in [0.15, 0.2) is 48.5 Å². The van der Waals surface area contributed by atoms with Gasteiger partial charge in [-0.15, -0.1) is 0 Å². The highest BCUT2D eigenvalue weighted by Gasteiger charge is 2.23. The van der Waals surface area contributed by atoms with E-state index in [-0.39, 0.29) is 6.61 Å². The predicted molar refractivity (Wildman–Crippen MR) is 97.0 cm³/mol. The standard InChI is InChI=1S/C20H25N2O3/c1-4-20-21(2)18-10-5-6-11-19(18)22(20)13-15(23)14-25-17-9-7-8-16(12-17)24-3/h5-12,15,23H,4,13-14H2,1-3H3/q+1/t15-/m1/s1. The number of imidazole rings is 1. The molecule has 0 aliphatic heterocycles. The summed E-state index contributed by atoms with van der Waals surface area (Å²) in [5.41, 5.74) is 2.29. The molecule has 0 spiro atoms. The molecule has 1 atom stereocenters. The SMILES string of the molecule is CCc1n(C[C@@H](O)COc2cccc(OC)c2)c2ccccc2[n+]1C. The van der Waals surface area contributed by atoms with Crippen molar-refractivity contribution in [1.82, 2.24) is 4.57 Å². The second kappa shape index (κ2) is 7.57. The predicted octanol–water partition coefficient (Wildman–Crippen LogP) is 2.48. The van der Waals surface area contributed by atoms with E-state index in [0.717, 1.165) is 17.7 Å². The van der Waals surface area contributed by atoms with E-state index in [0.29, 0.717) is 12.3 Å². The van der Waals surface area contributed by atoms with Crippen LogP contribution in [0.4, 0.5) is 0 Å². The maximum atomic E-state index is 10.5. The minimum Gasteiger partial charge on any atom is -0.497 e. The molecule has 0 aliphatic carbocycles. The Morgan fingerprint density at radius 2 is 1.88 bits per heavy atom. The molecule has 0 bridgehead atoms. The van der Waals surface area contributed by atoms with Gasteiger partial charge >= 0.3 is 0 Å². The second-order valence-electron chi connectivity index (χ2n) is 6.07. The minimum absolute atomic E-state index is 0.229. The molecule has 0 saturated carbocycles. The summed E-state index contributed by atoms with van der Waals surface area (Å²) in [6.45, 7) is 2.85. The largest absolute Gasteiger partial charge is 0.497 e. The smallest absolute Gasteiger partial charge is 0.256 e. The lowest BCUT2D eigenvalue weighted by molar-refractivity contribution is -0.653. The van der Waals surface area contributed by atoms with E-state index in [1.54, 1.807) is 7.11 Å². The zero-order chi connectivity index (χ0) is 17.8. The number of fused-ring (bicyclic) bond motifs is 1. The first-order chi connectivity index (χ1) is 12.1. The molecule has 25 heavy (non-hydrogen) atoms. The maximum absolute atomic E-state index is 10.5. The van der Waals surface area contributed by atoms with Crippen molar-refractivity contribution in [2.24, 2.45) is 7.05 Å². The lowest BCUT2D eigenvalue weighted by atomic mass is 10.3. The van der Waals surface area contributed by atoms with E-state index < -0.39 is 6.10 Å². The molecule has 0 amide bonds. The van der Waals surface area contributed by atoms with Gasteiger partial charge in [0.15, 0.2) is 11.0 Å². The van der Waals surface area contributed by atoms with Crippen molar-refractivity contribution < 1.29 is 19.1 Å². The van der Waals surface area contributed by atoms with E-state index >= 15 is 0 Å². The van der Waals surface area contributed by atoms with Gasteiger partial charge in [-0.05, 0) is 24.3 Å². The van der Waals surface area contributed by atoms with Gasteiger partial charge in [0.25, 0.3) is 5.82 Å². The number of aliphatic hydroxyl groups is 1. The Bertz CT molecular complexity index is 857. The number of aromatic nitrogens is 2. The highest BCUT2D eigenvalue weighted by Crippen LogP contribution is 2.19. The van der Waals surface area contributed by atoms with Crippen molar-refractivity contribution in [3.63, 3.8) is 0 Å². The molecule has 5 heteroatoms. The van der Waals surface area contributed by atoms with E-state index in [2.05, 4.69) is 35.2 Å². The van der Waals surface area contributed by atoms with Crippen LogP contribution in [-0.2, 0) is 20.0 Å². The number of nitrogens with zero attached hydrogens (tertiary/aromatic N) is 2. The fraction of sp³-hybridized carbons (Fsp3) is 0.350. The number of ether oxygens (including phenoxy) is 2. The lowest BCUT2D eigenvalue weighted by Gasteiger charge is -2.12. The van der Waals surface area contributed by atoms with Crippen LogP contribution in [0.3, 0.4) is 0 Å². The van der Waals surface area contributed by atoms with Crippen LogP contribution < -0.4 is 14.0 Å². The minimum atomic E-state index is -0.604. The van der Waals surface area contributed by atoms with Crippen molar-refractivity contribution >= 4 is 11.0 Å². The summed E-state index contributed by atoms with van der Waals surface area (Å²) in [6, 6.07) is 15.7. The molecule has 3 rings (SSSR count). The fourth-order valence-corrected chi connectivity index (χ4v) is 3.21. The number of benzene rings is 2. The monoisotopic (exact) mass is 341 g/mol. The summed E-state index contributed by atoms with van der Waals surface area (Å²) >= 11 is 0. The van der Waals surface area contributed by atoms with Gasteiger partial charge in [0.1, 0.15) is 30.8 Å². The fourth-order valence-electron chi connectivity index (χ4n) is 3.21. The Morgan fingerprint density at radius 3 is 2.64 bits per heavy atom. The van der Waals surface area contributed by atoms with Gasteiger partial charge in [0.05, 0.1) is 14.2 Å². The Hall–Kier alpha value is -2.53. The van der Waals surface area contributed by atoms with Crippen LogP contribution in [0.2, 0.25) is 0 Å². The van der Waals surface area contributed by atoms with Crippen molar-refractivity contribution in [3.05, 3.63) is 54.4 Å². The van der Waals surface area contributed by atoms with Crippen LogP contribution >= 0.6 is 0 Å². The lowest BCUT2D eigenvalue weighted by Crippen LogP contribution is -2.34. The number of methoxy groups -OCH3 is 1.